The third kappa shape index (κ3) is 5.06. The second kappa shape index (κ2) is 11.5. The molecule has 0 saturated carbocycles. The van der Waals surface area contributed by atoms with Crippen molar-refractivity contribution in [3.8, 4) is 23.1 Å². The summed E-state index contributed by atoms with van der Waals surface area (Å²) >= 11 is 12.5. The Morgan fingerprint density at radius 2 is 1.68 bits per heavy atom. The minimum absolute atomic E-state index is 0.207. The van der Waals surface area contributed by atoms with Crippen LogP contribution >= 0.6 is 23.2 Å². The van der Waals surface area contributed by atoms with Gasteiger partial charge in [-0.3, -0.25) is 4.79 Å². The first-order valence-electron chi connectivity index (χ1n) is 13.7. The number of methoxy groups -OCH3 is 1. The van der Waals surface area contributed by atoms with Crippen molar-refractivity contribution in [1.82, 2.24) is 9.66 Å². The van der Waals surface area contributed by atoms with Crippen LogP contribution in [0, 0.1) is 0 Å². The Kier molecular flexibility index (Phi) is 7.26. The van der Waals surface area contributed by atoms with Crippen molar-refractivity contribution >= 4 is 62.1 Å². The van der Waals surface area contributed by atoms with Gasteiger partial charge in [0.25, 0.3) is 5.56 Å². The number of benzene rings is 5. The Hall–Kier alpha value is -5.11. The summed E-state index contributed by atoms with van der Waals surface area (Å²) in [7, 11) is 1.60. The summed E-state index contributed by atoms with van der Waals surface area (Å²) in [5.41, 5.74) is 2.25. The van der Waals surface area contributed by atoms with E-state index in [1.807, 2.05) is 66.7 Å². The fourth-order valence-corrected chi connectivity index (χ4v) is 5.62. The quantitative estimate of drug-likeness (QED) is 0.167. The molecule has 0 aliphatic heterocycles. The van der Waals surface area contributed by atoms with Crippen molar-refractivity contribution < 1.29 is 13.9 Å². The van der Waals surface area contributed by atoms with Crippen LogP contribution in [0.3, 0.4) is 0 Å². The van der Waals surface area contributed by atoms with Gasteiger partial charge in [-0.2, -0.15) is 9.78 Å². The lowest BCUT2D eigenvalue weighted by Gasteiger charge is -2.13. The first-order valence-corrected chi connectivity index (χ1v) is 14.5. The summed E-state index contributed by atoms with van der Waals surface area (Å²) in [6.45, 7) is 0.207. The largest absolute Gasteiger partial charge is 0.496 e. The zero-order chi connectivity index (χ0) is 30.2. The molecule has 0 amide bonds. The van der Waals surface area contributed by atoms with Crippen molar-refractivity contribution in [2.24, 2.45) is 5.10 Å². The van der Waals surface area contributed by atoms with Crippen LogP contribution in [0.2, 0.25) is 10.0 Å². The molecular weight excluding hydrogens is 597 g/mol. The molecule has 7 nitrogen and oxygen atoms in total. The van der Waals surface area contributed by atoms with E-state index in [9.17, 15) is 4.79 Å². The first-order chi connectivity index (χ1) is 21.5. The van der Waals surface area contributed by atoms with Crippen LogP contribution in [0.1, 0.15) is 11.1 Å². The molecule has 7 aromatic rings. The Balaban J connectivity index is 1.38. The Morgan fingerprint density at radius 1 is 0.864 bits per heavy atom. The van der Waals surface area contributed by atoms with E-state index in [-0.39, 0.29) is 18.0 Å². The van der Waals surface area contributed by atoms with Crippen LogP contribution in [0.15, 0.2) is 117 Å². The number of aromatic nitrogens is 2. The van der Waals surface area contributed by atoms with Gasteiger partial charge in [0.15, 0.2) is 5.76 Å². The molecule has 0 atom stereocenters. The van der Waals surface area contributed by atoms with Crippen molar-refractivity contribution in [2.45, 2.75) is 6.61 Å². The highest BCUT2D eigenvalue weighted by Crippen LogP contribution is 2.33. The van der Waals surface area contributed by atoms with E-state index in [4.69, 9.17) is 47.2 Å². The maximum absolute atomic E-state index is 13.9. The van der Waals surface area contributed by atoms with Crippen molar-refractivity contribution in [3.63, 3.8) is 0 Å². The zero-order valence-corrected chi connectivity index (χ0v) is 24.8. The zero-order valence-electron chi connectivity index (χ0n) is 23.3. The van der Waals surface area contributed by atoms with Crippen LogP contribution in [-0.2, 0) is 6.61 Å². The fourth-order valence-electron chi connectivity index (χ4n) is 5.16. The van der Waals surface area contributed by atoms with E-state index in [1.165, 1.54) is 4.68 Å². The molecule has 2 heterocycles. The van der Waals surface area contributed by atoms with E-state index in [0.717, 1.165) is 21.7 Å². The highest BCUT2D eigenvalue weighted by Gasteiger charge is 2.18. The predicted molar refractivity (Wildman–Crippen MR) is 175 cm³/mol. The Morgan fingerprint density at radius 3 is 2.52 bits per heavy atom. The minimum Gasteiger partial charge on any atom is -0.496 e. The van der Waals surface area contributed by atoms with Gasteiger partial charge < -0.3 is 13.9 Å². The van der Waals surface area contributed by atoms with Crippen molar-refractivity contribution in [1.29, 1.82) is 0 Å². The number of rotatable bonds is 7. The predicted octanol–water partition coefficient (Wildman–Crippen LogP) is 8.74. The molecule has 5 aromatic carbocycles. The molecule has 216 valence electrons. The maximum Gasteiger partial charge on any atom is 0.282 e. The normalized spacial score (nSPS) is 11.6. The molecule has 0 radical (unpaired) electrons. The molecular formula is C35H23Cl2N3O4. The standard InChI is InChI=1S/C35H23Cl2N3O4/c1-42-30-11-6-12-32-26(30)18-33(44-32)34-39-29-10-5-4-9-25(29)35(41)40(34)38-19-27-24-8-3-2-7-21(24)14-16-31(27)43-20-22-13-15-23(36)17-28(22)37/h2-19H,20H2,1H3. The minimum atomic E-state index is -0.343. The summed E-state index contributed by atoms with van der Waals surface area (Å²) < 4.78 is 19.2. The SMILES string of the molecule is COc1cccc2oc(-c3nc4ccccc4c(=O)n3N=Cc3c(OCc4ccc(Cl)cc4Cl)ccc4ccccc34)cc12. The van der Waals surface area contributed by atoms with Gasteiger partial charge in [-0.1, -0.05) is 77.8 Å². The average molecular weight is 620 g/mol. The number of hydrogen-bond acceptors (Lipinski definition) is 6. The third-order valence-corrected chi connectivity index (χ3v) is 7.93. The number of para-hydroxylation sites is 1. The van der Waals surface area contributed by atoms with Crippen LogP contribution < -0.4 is 15.0 Å². The molecule has 0 aliphatic rings. The van der Waals surface area contributed by atoms with Crippen LogP contribution in [0.4, 0.5) is 0 Å². The lowest BCUT2D eigenvalue weighted by Crippen LogP contribution is -2.20. The maximum atomic E-state index is 13.9. The van der Waals surface area contributed by atoms with E-state index < -0.39 is 0 Å². The molecule has 2 aromatic heterocycles. The van der Waals surface area contributed by atoms with Gasteiger partial charge in [-0.15, -0.1) is 0 Å². The van der Waals surface area contributed by atoms with E-state index in [2.05, 4.69) is 0 Å². The van der Waals surface area contributed by atoms with Gasteiger partial charge in [0.2, 0.25) is 5.82 Å². The number of fused-ring (bicyclic) bond motifs is 3. The van der Waals surface area contributed by atoms with Crippen LogP contribution in [0.25, 0.3) is 44.2 Å². The monoisotopic (exact) mass is 619 g/mol. The topological polar surface area (TPSA) is 78.9 Å². The summed E-state index contributed by atoms with van der Waals surface area (Å²) in [5, 5.41) is 8.83. The van der Waals surface area contributed by atoms with Gasteiger partial charge in [0, 0.05) is 21.2 Å². The summed E-state index contributed by atoms with van der Waals surface area (Å²) in [6.07, 6.45) is 1.62. The highest BCUT2D eigenvalue weighted by molar-refractivity contribution is 6.35. The number of hydrogen-bond donors (Lipinski definition) is 0. The molecule has 0 saturated heterocycles. The summed E-state index contributed by atoms with van der Waals surface area (Å²) in [6, 6.07) is 31.5. The lowest BCUT2D eigenvalue weighted by molar-refractivity contribution is 0.306. The van der Waals surface area contributed by atoms with E-state index >= 15 is 0 Å². The van der Waals surface area contributed by atoms with Gasteiger partial charge in [0.05, 0.1) is 29.6 Å². The van der Waals surface area contributed by atoms with E-state index in [0.29, 0.717) is 49.4 Å². The molecule has 0 aliphatic carbocycles. The lowest BCUT2D eigenvalue weighted by atomic mass is 10.0. The molecule has 0 fully saturated rings. The highest BCUT2D eigenvalue weighted by atomic mass is 35.5. The summed E-state index contributed by atoms with van der Waals surface area (Å²) in [4.78, 5) is 18.7. The molecule has 0 spiro atoms. The second-order valence-electron chi connectivity index (χ2n) is 10.0. The average Bonchev–Trinajstić information content (AvgIpc) is 3.49. The van der Waals surface area contributed by atoms with Crippen LogP contribution in [-0.4, -0.2) is 23.0 Å². The first kappa shape index (κ1) is 27.7. The molecule has 44 heavy (non-hydrogen) atoms. The number of furan rings is 1. The fraction of sp³-hybridized carbons (Fsp3) is 0.0571. The number of ether oxygens (including phenoxy) is 2. The van der Waals surface area contributed by atoms with Crippen LogP contribution in [0.5, 0.6) is 11.5 Å². The molecule has 7 rings (SSSR count). The van der Waals surface area contributed by atoms with Crippen molar-refractivity contribution in [3.05, 3.63) is 135 Å². The van der Waals surface area contributed by atoms with Gasteiger partial charge in [-0.25, -0.2) is 4.98 Å². The molecule has 0 bridgehead atoms. The number of halogens is 2. The van der Waals surface area contributed by atoms with Gasteiger partial charge in [-0.05, 0) is 59.3 Å². The summed E-state index contributed by atoms with van der Waals surface area (Å²) in [5.74, 6) is 1.83. The third-order valence-electron chi connectivity index (χ3n) is 7.35. The number of nitrogens with zero attached hydrogens (tertiary/aromatic N) is 3. The molecule has 0 unspecified atom stereocenters. The molecule has 0 N–H and O–H groups in total. The molecule has 9 heteroatoms. The van der Waals surface area contributed by atoms with Crippen molar-refractivity contribution in [2.75, 3.05) is 7.11 Å². The second-order valence-corrected chi connectivity index (χ2v) is 10.9. The van der Waals surface area contributed by atoms with Gasteiger partial charge in [0.1, 0.15) is 23.7 Å². The van der Waals surface area contributed by atoms with Gasteiger partial charge >= 0.3 is 0 Å². The Bertz CT molecular complexity index is 2290. The van der Waals surface area contributed by atoms with E-state index in [1.54, 1.807) is 49.7 Å². The Labute approximate surface area is 261 Å². The smallest absolute Gasteiger partial charge is 0.282 e.